The van der Waals surface area contributed by atoms with Gasteiger partial charge in [0.1, 0.15) is 0 Å². The molecule has 9 aromatic rings. The summed E-state index contributed by atoms with van der Waals surface area (Å²) >= 11 is 0. The fraction of sp³-hybridized carbons (Fsp3) is 0.0612. The normalized spacial score (nSPS) is 13.1. The van der Waals surface area contributed by atoms with E-state index in [-0.39, 0.29) is 5.41 Å². The third-order valence-electron chi connectivity index (χ3n) is 10.8. The Morgan fingerprint density at radius 3 is 1.45 bits per heavy atom. The van der Waals surface area contributed by atoms with E-state index in [0.29, 0.717) is 0 Å². The average molecular weight is 651 g/mol. The maximum atomic E-state index is 5.08. The molecule has 240 valence electrons. The Labute approximate surface area is 297 Å². The van der Waals surface area contributed by atoms with Crippen LogP contribution in [0.5, 0.6) is 0 Å². The molecule has 0 bridgehead atoms. The molecule has 0 N–H and O–H groups in total. The van der Waals surface area contributed by atoms with Crippen LogP contribution < -0.4 is 0 Å². The van der Waals surface area contributed by atoms with E-state index in [9.17, 15) is 0 Å². The molecular weight excluding hydrogens is 617 g/mol. The smallest absolute Gasteiger partial charge is 0.160 e. The molecule has 1 aliphatic carbocycles. The van der Waals surface area contributed by atoms with Gasteiger partial charge in [0.25, 0.3) is 0 Å². The van der Waals surface area contributed by atoms with Crippen LogP contribution in [-0.2, 0) is 5.41 Å². The highest BCUT2D eigenvalue weighted by atomic mass is 14.9. The number of aromatic nitrogens is 2. The Kier molecular flexibility index (Phi) is 6.56. The molecule has 0 saturated carbocycles. The van der Waals surface area contributed by atoms with Crippen molar-refractivity contribution in [1.29, 1.82) is 0 Å². The summed E-state index contributed by atoms with van der Waals surface area (Å²) in [6, 6.07) is 61.0. The third kappa shape index (κ3) is 4.57. The molecule has 0 fully saturated rings. The summed E-state index contributed by atoms with van der Waals surface area (Å²) in [7, 11) is 0. The zero-order chi connectivity index (χ0) is 34.1. The lowest BCUT2D eigenvalue weighted by Crippen LogP contribution is -2.16. The lowest BCUT2D eigenvalue weighted by molar-refractivity contribution is 0.667. The number of rotatable bonds is 4. The fourth-order valence-corrected chi connectivity index (χ4v) is 8.45. The van der Waals surface area contributed by atoms with E-state index in [1.165, 1.54) is 65.7 Å². The first-order valence-corrected chi connectivity index (χ1v) is 17.7. The first-order valence-electron chi connectivity index (χ1n) is 17.7. The number of benzene rings is 8. The van der Waals surface area contributed by atoms with Gasteiger partial charge >= 0.3 is 0 Å². The summed E-state index contributed by atoms with van der Waals surface area (Å²) < 4.78 is 0. The van der Waals surface area contributed by atoms with E-state index < -0.39 is 0 Å². The van der Waals surface area contributed by atoms with Gasteiger partial charge in [0.05, 0.1) is 11.4 Å². The first-order chi connectivity index (χ1) is 25.1. The highest BCUT2D eigenvalue weighted by Gasteiger charge is 2.40. The number of nitrogens with zero attached hydrogens (tertiary/aromatic N) is 2. The van der Waals surface area contributed by atoms with E-state index in [1.807, 2.05) is 24.3 Å². The summed E-state index contributed by atoms with van der Waals surface area (Å²) in [4.78, 5) is 10.1. The molecule has 0 unspecified atom stereocenters. The van der Waals surface area contributed by atoms with Crippen LogP contribution in [0, 0.1) is 0 Å². The third-order valence-corrected chi connectivity index (χ3v) is 10.8. The molecule has 8 aromatic carbocycles. The quantitative estimate of drug-likeness (QED) is 0.177. The van der Waals surface area contributed by atoms with Gasteiger partial charge in [0.2, 0.25) is 0 Å². The number of hydrogen-bond donors (Lipinski definition) is 0. The second kappa shape index (κ2) is 11.3. The molecule has 1 aliphatic rings. The minimum atomic E-state index is -0.185. The highest BCUT2D eigenvalue weighted by Crippen LogP contribution is 2.57. The van der Waals surface area contributed by atoms with Crippen molar-refractivity contribution in [3.63, 3.8) is 0 Å². The lowest BCUT2D eigenvalue weighted by atomic mass is 9.78. The van der Waals surface area contributed by atoms with Crippen molar-refractivity contribution in [2.45, 2.75) is 19.3 Å². The second-order valence-electron chi connectivity index (χ2n) is 14.1. The van der Waals surface area contributed by atoms with E-state index in [0.717, 1.165) is 33.9 Å². The number of hydrogen-bond acceptors (Lipinski definition) is 2. The van der Waals surface area contributed by atoms with Gasteiger partial charge in [-0.2, -0.15) is 0 Å². The van der Waals surface area contributed by atoms with Crippen LogP contribution >= 0.6 is 0 Å². The topological polar surface area (TPSA) is 25.8 Å². The van der Waals surface area contributed by atoms with Crippen molar-refractivity contribution < 1.29 is 0 Å². The number of fused-ring (bicyclic) bond motifs is 10. The summed E-state index contributed by atoms with van der Waals surface area (Å²) in [6.45, 7) is 4.81. The standard InChI is InChI=1S/C49H34N2/c1-49(2)42-29-41(37-21-10-12-22-38(37)45(42)46-39-23-13-9-19-35(39)36-20-11-14-24-40(36)47(46)49)31-25-27-33(28-26-31)44-30-43(32-15-5-3-6-16-32)50-48(51-44)34-17-7-4-8-18-34/h3-30H,1-2H3. The van der Waals surface area contributed by atoms with Gasteiger partial charge in [-0.1, -0.05) is 172 Å². The largest absolute Gasteiger partial charge is 0.228 e. The molecule has 0 radical (unpaired) electrons. The zero-order valence-corrected chi connectivity index (χ0v) is 28.6. The van der Waals surface area contributed by atoms with Gasteiger partial charge < -0.3 is 0 Å². The van der Waals surface area contributed by atoms with E-state index in [4.69, 9.17) is 9.97 Å². The van der Waals surface area contributed by atoms with Gasteiger partial charge in [-0.3, -0.25) is 0 Å². The minimum absolute atomic E-state index is 0.185. The summed E-state index contributed by atoms with van der Waals surface area (Å²) in [5.74, 6) is 0.725. The van der Waals surface area contributed by atoms with E-state index >= 15 is 0 Å². The van der Waals surface area contributed by atoms with Crippen LogP contribution in [0.25, 0.3) is 88.5 Å². The molecule has 51 heavy (non-hydrogen) atoms. The monoisotopic (exact) mass is 650 g/mol. The van der Waals surface area contributed by atoms with Gasteiger partial charge in [0, 0.05) is 22.1 Å². The Balaban J connectivity index is 1.15. The lowest BCUT2D eigenvalue weighted by Gasteiger charge is -2.25. The van der Waals surface area contributed by atoms with Crippen LogP contribution in [0.2, 0.25) is 0 Å². The molecular formula is C49H34N2. The molecule has 0 atom stereocenters. The van der Waals surface area contributed by atoms with Crippen LogP contribution in [0.1, 0.15) is 25.0 Å². The summed E-state index contributed by atoms with van der Waals surface area (Å²) in [5.41, 5.74) is 12.8. The summed E-state index contributed by atoms with van der Waals surface area (Å²) in [5, 5.41) is 7.88. The van der Waals surface area contributed by atoms with Crippen molar-refractivity contribution in [2.75, 3.05) is 0 Å². The van der Waals surface area contributed by atoms with Crippen molar-refractivity contribution in [2.24, 2.45) is 0 Å². The molecule has 0 amide bonds. The van der Waals surface area contributed by atoms with E-state index in [2.05, 4.69) is 159 Å². The Morgan fingerprint density at radius 2 is 0.824 bits per heavy atom. The van der Waals surface area contributed by atoms with Crippen molar-refractivity contribution >= 4 is 32.3 Å². The van der Waals surface area contributed by atoms with Crippen LogP contribution in [0.15, 0.2) is 170 Å². The maximum absolute atomic E-state index is 5.08. The minimum Gasteiger partial charge on any atom is -0.228 e. The molecule has 0 spiro atoms. The Hall–Kier alpha value is -6.38. The molecule has 2 nitrogen and oxygen atoms in total. The highest BCUT2D eigenvalue weighted by molar-refractivity contribution is 6.22. The molecule has 0 saturated heterocycles. The van der Waals surface area contributed by atoms with Gasteiger partial charge in [0.15, 0.2) is 5.82 Å². The van der Waals surface area contributed by atoms with E-state index in [1.54, 1.807) is 0 Å². The summed E-state index contributed by atoms with van der Waals surface area (Å²) in [6.07, 6.45) is 0. The van der Waals surface area contributed by atoms with Crippen molar-refractivity contribution in [3.05, 3.63) is 181 Å². The fourth-order valence-electron chi connectivity index (χ4n) is 8.45. The predicted molar refractivity (Wildman–Crippen MR) is 214 cm³/mol. The molecule has 10 rings (SSSR count). The van der Waals surface area contributed by atoms with Crippen molar-refractivity contribution in [3.8, 4) is 56.2 Å². The van der Waals surface area contributed by atoms with Gasteiger partial charge in [-0.05, 0) is 77.8 Å². The van der Waals surface area contributed by atoms with Crippen LogP contribution in [0.4, 0.5) is 0 Å². The van der Waals surface area contributed by atoms with Gasteiger partial charge in [-0.15, -0.1) is 0 Å². The average Bonchev–Trinajstić information content (AvgIpc) is 3.45. The maximum Gasteiger partial charge on any atom is 0.160 e. The molecule has 0 aliphatic heterocycles. The SMILES string of the molecule is CC1(C)c2cc(-c3ccc(-c4cc(-c5ccccc5)nc(-c5ccccc5)n4)cc3)c3ccccc3c2-c2c1c1ccccc1c1ccccc21. The zero-order valence-electron chi connectivity index (χ0n) is 28.6. The van der Waals surface area contributed by atoms with Crippen LogP contribution in [-0.4, -0.2) is 9.97 Å². The van der Waals surface area contributed by atoms with Crippen molar-refractivity contribution in [1.82, 2.24) is 9.97 Å². The Morgan fingerprint density at radius 1 is 0.373 bits per heavy atom. The second-order valence-corrected chi connectivity index (χ2v) is 14.1. The van der Waals surface area contributed by atoms with Gasteiger partial charge in [-0.25, -0.2) is 9.97 Å². The predicted octanol–water partition coefficient (Wildman–Crippen LogP) is 12.9. The molecule has 1 heterocycles. The molecule has 1 aromatic heterocycles. The first kappa shape index (κ1) is 29.5. The Bertz CT molecular complexity index is 2740. The van der Waals surface area contributed by atoms with Crippen LogP contribution in [0.3, 0.4) is 0 Å². The molecule has 2 heteroatoms.